The number of benzene rings is 1. The average Bonchev–Trinajstić information content (AvgIpc) is 2.53. The maximum Gasteiger partial charge on any atom is 0.324 e. The van der Waals surface area contributed by atoms with Crippen molar-refractivity contribution in [2.75, 3.05) is 17.7 Å². The van der Waals surface area contributed by atoms with E-state index in [9.17, 15) is 18.0 Å². The molecule has 7 nitrogen and oxygen atoms in total. The lowest BCUT2D eigenvalue weighted by atomic mass is 10.3. The highest BCUT2D eigenvalue weighted by Crippen LogP contribution is 2.24. The lowest BCUT2D eigenvalue weighted by Crippen LogP contribution is -2.41. The number of sulfonamides is 1. The smallest absolute Gasteiger partial charge is 0.324 e. The second kappa shape index (κ2) is 9.96. The first-order chi connectivity index (χ1) is 11.6. The molecule has 0 aromatic heterocycles. The van der Waals surface area contributed by atoms with Gasteiger partial charge in [-0.2, -0.15) is 0 Å². The summed E-state index contributed by atoms with van der Waals surface area (Å²) in [7, 11) is -3.56. The van der Waals surface area contributed by atoms with Crippen LogP contribution in [-0.4, -0.2) is 38.7 Å². The molecule has 1 aromatic rings. The molecule has 0 bridgehead atoms. The van der Waals surface area contributed by atoms with E-state index >= 15 is 0 Å². The first-order valence-corrected chi connectivity index (χ1v) is 9.97. The predicted molar refractivity (Wildman–Crippen MR) is 97.3 cm³/mol. The minimum Gasteiger partial charge on any atom is -0.454 e. The van der Waals surface area contributed by atoms with E-state index < -0.39 is 34.5 Å². The summed E-state index contributed by atoms with van der Waals surface area (Å²) in [5.41, 5.74) is 0.392. The van der Waals surface area contributed by atoms with Gasteiger partial charge in [-0.3, -0.25) is 9.59 Å². The first-order valence-electron chi connectivity index (χ1n) is 7.56. The summed E-state index contributed by atoms with van der Waals surface area (Å²) >= 11 is 11.6. The zero-order valence-corrected chi connectivity index (χ0v) is 16.2. The van der Waals surface area contributed by atoms with Crippen molar-refractivity contribution in [3.63, 3.8) is 0 Å². The predicted octanol–water partition coefficient (Wildman–Crippen LogP) is 2.58. The first kappa shape index (κ1) is 21.7. The third-order valence-corrected chi connectivity index (χ3v) is 5.30. The number of carbonyl (C=O) groups is 2. The molecule has 25 heavy (non-hydrogen) atoms. The topological polar surface area (TPSA) is 102 Å². The third kappa shape index (κ3) is 8.04. The molecule has 10 heteroatoms. The van der Waals surface area contributed by atoms with Crippen LogP contribution in [0.2, 0.25) is 10.0 Å². The van der Waals surface area contributed by atoms with E-state index in [1.165, 1.54) is 19.1 Å². The van der Waals surface area contributed by atoms with Crippen molar-refractivity contribution in [3.8, 4) is 0 Å². The molecule has 1 rings (SSSR count). The number of hydrogen-bond acceptors (Lipinski definition) is 5. The van der Waals surface area contributed by atoms with Crippen LogP contribution in [0.4, 0.5) is 5.69 Å². The van der Waals surface area contributed by atoms with Crippen molar-refractivity contribution in [2.45, 2.75) is 32.7 Å². The summed E-state index contributed by atoms with van der Waals surface area (Å²) < 4.78 is 30.5. The van der Waals surface area contributed by atoms with Gasteiger partial charge in [-0.25, -0.2) is 13.1 Å². The van der Waals surface area contributed by atoms with E-state index in [0.717, 1.165) is 0 Å². The number of anilines is 1. The van der Waals surface area contributed by atoms with Crippen LogP contribution >= 0.6 is 23.2 Å². The fourth-order valence-corrected chi connectivity index (χ4v) is 3.46. The molecular weight excluding hydrogens is 391 g/mol. The number of hydrogen-bond donors (Lipinski definition) is 2. The Balaban J connectivity index is 2.46. The molecule has 0 spiro atoms. The van der Waals surface area contributed by atoms with Crippen LogP contribution in [0.25, 0.3) is 0 Å². The number of nitrogens with one attached hydrogen (secondary N) is 2. The van der Waals surface area contributed by atoms with Gasteiger partial charge >= 0.3 is 5.97 Å². The van der Waals surface area contributed by atoms with Crippen molar-refractivity contribution in [2.24, 2.45) is 0 Å². The number of halogens is 2. The van der Waals surface area contributed by atoms with Crippen molar-refractivity contribution in [1.82, 2.24) is 4.72 Å². The van der Waals surface area contributed by atoms with Crippen LogP contribution in [0.5, 0.6) is 0 Å². The highest BCUT2D eigenvalue weighted by Gasteiger charge is 2.21. The van der Waals surface area contributed by atoms with Crippen LogP contribution < -0.4 is 10.0 Å². The molecule has 0 aliphatic heterocycles. The molecular formula is C15H20Cl2N2O5S. The average molecular weight is 411 g/mol. The third-order valence-electron chi connectivity index (χ3n) is 3.03. The number of ether oxygens (including phenoxy) is 1. The SMILES string of the molecule is CCCCS(=O)(=O)N[C@@H](C)C(=O)OCC(=O)Nc1ccc(Cl)c(Cl)c1. The Hall–Kier alpha value is -1.35. The number of carbonyl (C=O) groups excluding carboxylic acids is 2. The Morgan fingerprint density at radius 2 is 1.92 bits per heavy atom. The lowest BCUT2D eigenvalue weighted by molar-refractivity contribution is -0.148. The van der Waals surface area contributed by atoms with Gasteiger partial charge in [0.15, 0.2) is 6.61 Å². The van der Waals surface area contributed by atoms with Crippen LogP contribution in [0.3, 0.4) is 0 Å². The number of esters is 1. The minimum atomic E-state index is -3.56. The number of unbranched alkanes of at least 4 members (excludes halogenated alkanes) is 1. The molecule has 0 saturated heterocycles. The fourth-order valence-electron chi connectivity index (χ4n) is 1.74. The van der Waals surface area contributed by atoms with E-state index in [-0.39, 0.29) is 10.8 Å². The molecule has 0 saturated carbocycles. The molecule has 2 N–H and O–H groups in total. The summed E-state index contributed by atoms with van der Waals surface area (Å²) in [6.45, 7) is 2.66. The Morgan fingerprint density at radius 3 is 2.52 bits per heavy atom. The van der Waals surface area contributed by atoms with E-state index in [0.29, 0.717) is 23.6 Å². The molecule has 0 aliphatic rings. The Morgan fingerprint density at radius 1 is 1.24 bits per heavy atom. The number of rotatable bonds is 9. The molecule has 0 radical (unpaired) electrons. The van der Waals surface area contributed by atoms with Gasteiger partial charge in [0.25, 0.3) is 5.91 Å². The quantitative estimate of drug-likeness (QED) is 0.609. The summed E-state index contributed by atoms with van der Waals surface area (Å²) in [5.74, 6) is -1.50. The van der Waals surface area contributed by atoms with E-state index in [2.05, 4.69) is 10.0 Å². The minimum absolute atomic E-state index is 0.0705. The van der Waals surface area contributed by atoms with Crippen LogP contribution in [0.1, 0.15) is 26.7 Å². The Labute approximate surface area is 157 Å². The van der Waals surface area contributed by atoms with Gasteiger partial charge in [-0.15, -0.1) is 0 Å². The van der Waals surface area contributed by atoms with Crippen molar-refractivity contribution in [3.05, 3.63) is 28.2 Å². The van der Waals surface area contributed by atoms with Gasteiger partial charge < -0.3 is 10.1 Å². The Bertz CT molecular complexity index is 725. The fraction of sp³-hybridized carbons (Fsp3) is 0.467. The monoisotopic (exact) mass is 410 g/mol. The zero-order valence-electron chi connectivity index (χ0n) is 13.8. The van der Waals surface area contributed by atoms with Crippen molar-refractivity contribution in [1.29, 1.82) is 0 Å². The molecule has 1 atom stereocenters. The van der Waals surface area contributed by atoms with Crippen molar-refractivity contribution < 1.29 is 22.7 Å². The molecule has 0 heterocycles. The second-order valence-corrected chi connectivity index (χ2v) is 7.98. The molecule has 0 aliphatic carbocycles. The second-order valence-electron chi connectivity index (χ2n) is 5.30. The maximum absolute atomic E-state index is 11.8. The van der Waals surface area contributed by atoms with E-state index in [1.54, 1.807) is 6.07 Å². The molecule has 1 aromatic carbocycles. The molecule has 0 unspecified atom stereocenters. The summed E-state index contributed by atoms with van der Waals surface area (Å²) in [4.78, 5) is 23.5. The molecule has 1 amide bonds. The molecule has 140 valence electrons. The maximum atomic E-state index is 11.8. The normalized spacial score (nSPS) is 12.5. The van der Waals surface area contributed by atoms with Gasteiger partial charge in [0.05, 0.1) is 15.8 Å². The largest absolute Gasteiger partial charge is 0.454 e. The summed E-state index contributed by atoms with van der Waals surface area (Å²) in [5, 5.41) is 3.10. The van der Waals surface area contributed by atoms with Gasteiger partial charge in [0.2, 0.25) is 10.0 Å². The summed E-state index contributed by atoms with van der Waals surface area (Å²) in [6.07, 6.45) is 1.21. The van der Waals surface area contributed by atoms with Gasteiger partial charge in [0, 0.05) is 5.69 Å². The standard InChI is InChI=1S/C15H20Cl2N2O5S/c1-3-4-7-25(22,23)19-10(2)15(21)24-9-14(20)18-11-5-6-12(16)13(17)8-11/h5-6,8,10,19H,3-4,7,9H2,1-2H3,(H,18,20)/t10-/m0/s1. The summed E-state index contributed by atoms with van der Waals surface area (Å²) in [6, 6.07) is 3.42. The lowest BCUT2D eigenvalue weighted by Gasteiger charge is -2.13. The molecule has 0 fully saturated rings. The van der Waals surface area contributed by atoms with Crippen molar-refractivity contribution >= 4 is 50.8 Å². The Kier molecular flexibility index (Phi) is 8.64. The van der Waals surface area contributed by atoms with Crippen LogP contribution in [-0.2, 0) is 24.3 Å². The van der Waals surface area contributed by atoms with Gasteiger partial charge in [0.1, 0.15) is 6.04 Å². The number of amides is 1. The van der Waals surface area contributed by atoms with Crippen LogP contribution in [0, 0.1) is 0 Å². The highest BCUT2D eigenvalue weighted by molar-refractivity contribution is 7.89. The van der Waals surface area contributed by atoms with E-state index in [1.807, 2.05) is 6.92 Å². The van der Waals surface area contributed by atoms with E-state index in [4.69, 9.17) is 27.9 Å². The zero-order chi connectivity index (χ0) is 19.0. The van der Waals surface area contributed by atoms with Crippen LogP contribution in [0.15, 0.2) is 18.2 Å². The van der Waals surface area contributed by atoms with Gasteiger partial charge in [-0.05, 0) is 31.5 Å². The highest BCUT2D eigenvalue weighted by atomic mass is 35.5. The van der Waals surface area contributed by atoms with Gasteiger partial charge in [-0.1, -0.05) is 36.5 Å².